The highest BCUT2D eigenvalue weighted by Gasteiger charge is 2.35. The monoisotopic (exact) mass is 205 g/mol. The summed E-state index contributed by atoms with van der Waals surface area (Å²) in [5, 5.41) is 13.7. The van der Waals surface area contributed by atoms with Gasteiger partial charge in [-0.1, -0.05) is 24.3 Å². The molecule has 2 atom stereocenters. The number of benzene rings is 1. The fraction of sp³-hybridized carbons (Fsp3) is 0.538. The molecule has 0 saturated carbocycles. The molecule has 2 nitrogen and oxygen atoms in total. The molecule has 0 aromatic heterocycles. The molecule has 0 amide bonds. The van der Waals surface area contributed by atoms with E-state index >= 15 is 0 Å². The van der Waals surface area contributed by atoms with E-state index < -0.39 is 5.60 Å². The molecule has 1 heterocycles. The molecule has 1 saturated heterocycles. The average Bonchev–Trinajstić information content (AvgIpc) is 2.19. The van der Waals surface area contributed by atoms with Crippen molar-refractivity contribution in [3.05, 3.63) is 35.4 Å². The van der Waals surface area contributed by atoms with E-state index in [-0.39, 0.29) is 5.92 Å². The van der Waals surface area contributed by atoms with Crippen LogP contribution in [0.5, 0.6) is 0 Å². The standard InChI is InChI=1S/C13H19NO/c1-10-5-3-4-6-11(10)12-9-14-8-7-13(12,2)15/h3-6,12,14-15H,7-9H2,1-2H3. The highest BCUT2D eigenvalue weighted by molar-refractivity contribution is 5.32. The fourth-order valence-electron chi connectivity index (χ4n) is 2.40. The lowest BCUT2D eigenvalue weighted by atomic mass is 9.77. The van der Waals surface area contributed by atoms with Crippen LogP contribution in [-0.2, 0) is 0 Å². The van der Waals surface area contributed by atoms with Gasteiger partial charge < -0.3 is 10.4 Å². The van der Waals surface area contributed by atoms with Gasteiger partial charge in [-0.15, -0.1) is 0 Å². The van der Waals surface area contributed by atoms with Crippen LogP contribution < -0.4 is 5.32 Å². The van der Waals surface area contributed by atoms with E-state index in [0.717, 1.165) is 19.5 Å². The Bertz CT molecular complexity index is 346. The third kappa shape index (κ3) is 2.06. The highest BCUT2D eigenvalue weighted by atomic mass is 16.3. The van der Waals surface area contributed by atoms with E-state index in [0.29, 0.717) is 0 Å². The van der Waals surface area contributed by atoms with Gasteiger partial charge in [0.05, 0.1) is 5.60 Å². The van der Waals surface area contributed by atoms with E-state index in [1.54, 1.807) is 0 Å². The van der Waals surface area contributed by atoms with Crippen LogP contribution in [0.2, 0.25) is 0 Å². The summed E-state index contributed by atoms with van der Waals surface area (Å²) in [5.74, 6) is 0.215. The van der Waals surface area contributed by atoms with Crippen molar-refractivity contribution in [1.29, 1.82) is 0 Å². The third-order valence-electron chi connectivity index (χ3n) is 3.47. The Balaban J connectivity index is 2.33. The molecule has 2 unspecified atom stereocenters. The molecule has 2 rings (SSSR count). The van der Waals surface area contributed by atoms with Crippen LogP contribution in [0.1, 0.15) is 30.4 Å². The second-order valence-electron chi connectivity index (χ2n) is 4.72. The zero-order valence-electron chi connectivity index (χ0n) is 9.46. The molecular formula is C13H19NO. The SMILES string of the molecule is Cc1ccccc1C1CNCCC1(C)O. The Labute approximate surface area is 91.3 Å². The molecule has 15 heavy (non-hydrogen) atoms. The van der Waals surface area contributed by atoms with Crippen molar-refractivity contribution < 1.29 is 5.11 Å². The summed E-state index contributed by atoms with van der Waals surface area (Å²) < 4.78 is 0. The van der Waals surface area contributed by atoms with Crippen molar-refractivity contribution in [3.63, 3.8) is 0 Å². The summed E-state index contributed by atoms with van der Waals surface area (Å²) in [6, 6.07) is 8.33. The summed E-state index contributed by atoms with van der Waals surface area (Å²) in [6.07, 6.45) is 0.825. The maximum atomic E-state index is 10.4. The number of nitrogens with one attached hydrogen (secondary N) is 1. The molecule has 1 aromatic carbocycles. The van der Waals surface area contributed by atoms with Gasteiger partial charge >= 0.3 is 0 Å². The number of aryl methyl sites for hydroxylation is 1. The topological polar surface area (TPSA) is 32.3 Å². The molecule has 2 heteroatoms. The Hall–Kier alpha value is -0.860. The average molecular weight is 205 g/mol. The van der Waals surface area contributed by atoms with Gasteiger partial charge in [-0.3, -0.25) is 0 Å². The van der Waals surface area contributed by atoms with Crippen molar-refractivity contribution in [3.8, 4) is 0 Å². The molecular weight excluding hydrogens is 186 g/mol. The molecule has 1 aromatic rings. The van der Waals surface area contributed by atoms with Crippen molar-refractivity contribution in [2.24, 2.45) is 0 Å². The van der Waals surface area contributed by atoms with Gasteiger partial charge in [0.2, 0.25) is 0 Å². The predicted octanol–water partition coefficient (Wildman–Crippen LogP) is 1.82. The molecule has 82 valence electrons. The lowest BCUT2D eigenvalue weighted by Crippen LogP contribution is -2.46. The normalized spacial score (nSPS) is 31.5. The minimum atomic E-state index is -0.572. The Morgan fingerprint density at radius 1 is 1.40 bits per heavy atom. The van der Waals surface area contributed by atoms with Crippen LogP contribution in [-0.4, -0.2) is 23.8 Å². The quantitative estimate of drug-likeness (QED) is 0.733. The Kier molecular flexibility index (Phi) is 2.81. The molecule has 1 aliphatic heterocycles. The van der Waals surface area contributed by atoms with Crippen molar-refractivity contribution in [1.82, 2.24) is 5.32 Å². The second-order valence-corrected chi connectivity index (χ2v) is 4.72. The van der Waals surface area contributed by atoms with Crippen LogP contribution in [0.3, 0.4) is 0 Å². The first-order valence-electron chi connectivity index (χ1n) is 5.60. The van der Waals surface area contributed by atoms with Crippen LogP contribution in [0.15, 0.2) is 24.3 Å². The van der Waals surface area contributed by atoms with Crippen LogP contribution in [0.25, 0.3) is 0 Å². The fourth-order valence-corrected chi connectivity index (χ4v) is 2.40. The summed E-state index contributed by atoms with van der Waals surface area (Å²) in [5.41, 5.74) is 1.97. The van der Waals surface area contributed by atoms with E-state index in [9.17, 15) is 5.11 Å². The first kappa shape index (κ1) is 10.7. The summed E-state index contributed by atoms with van der Waals surface area (Å²) in [7, 11) is 0. The zero-order valence-corrected chi connectivity index (χ0v) is 9.46. The largest absolute Gasteiger partial charge is 0.389 e. The molecule has 0 spiro atoms. The smallest absolute Gasteiger partial charge is 0.0712 e. The molecule has 2 N–H and O–H groups in total. The lowest BCUT2D eigenvalue weighted by molar-refractivity contribution is 0.00762. The first-order chi connectivity index (χ1) is 7.11. The van der Waals surface area contributed by atoms with Gasteiger partial charge in [0, 0.05) is 12.5 Å². The maximum Gasteiger partial charge on any atom is 0.0712 e. The molecule has 0 aliphatic carbocycles. The first-order valence-corrected chi connectivity index (χ1v) is 5.60. The number of piperidine rings is 1. The molecule has 1 aliphatic rings. The maximum absolute atomic E-state index is 10.4. The molecule has 0 bridgehead atoms. The van der Waals surface area contributed by atoms with Crippen molar-refractivity contribution >= 4 is 0 Å². The number of hydrogen-bond acceptors (Lipinski definition) is 2. The van der Waals surface area contributed by atoms with Crippen molar-refractivity contribution in [2.45, 2.75) is 31.8 Å². The summed E-state index contributed by atoms with van der Waals surface area (Å²) in [4.78, 5) is 0. The van der Waals surface area contributed by atoms with E-state index in [2.05, 4.69) is 24.4 Å². The Morgan fingerprint density at radius 2 is 2.13 bits per heavy atom. The van der Waals surface area contributed by atoms with Crippen LogP contribution in [0, 0.1) is 6.92 Å². The highest BCUT2D eigenvalue weighted by Crippen LogP contribution is 2.34. The van der Waals surface area contributed by atoms with E-state index in [1.165, 1.54) is 11.1 Å². The van der Waals surface area contributed by atoms with Gasteiger partial charge in [0.1, 0.15) is 0 Å². The summed E-state index contributed by atoms with van der Waals surface area (Å²) in [6.45, 7) is 5.85. The lowest BCUT2D eigenvalue weighted by Gasteiger charge is -2.38. The number of rotatable bonds is 1. The predicted molar refractivity (Wildman–Crippen MR) is 62.0 cm³/mol. The molecule has 1 fully saturated rings. The second kappa shape index (κ2) is 3.95. The minimum absolute atomic E-state index is 0.215. The van der Waals surface area contributed by atoms with Gasteiger partial charge in [0.25, 0.3) is 0 Å². The van der Waals surface area contributed by atoms with Crippen molar-refractivity contribution in [2.75, 3.05) is 13.1 Å². The van der Waals surface area contributed by atoms with Gasteiger partial charge in [-0.05, 0) is 37.9 Å². The number of aliphatic hydroxyl groups is 1. The minimum Gasteiger partial charge on any atom is -0.389 e. The van der Waals surface area contributed by atoms with Gasteiger partial charge in [0.15, 0.2) is 0 Å². The Morgan fingerprint density at radius 3 is 2.80 bits per heavy atom. The van der Waals surface area contributed by atoms with Crippen LogP contribution >= 0.6 is 0 Å². The van der Waals surface area contributed by atoms with E-state index in [4.69, 9.17) is 0 Å². The van der Waals surface area contributed by atoms with Crippen LogP contribution in [0.4, 0.5) is 0 Å². The van der Waals surface area contributed by atoms with Gasteiger partial charge in [-0.25, -0.2) is 0 Å². The molecule has 0 radical (unpaired) electrons. The van der Waals surface area contributed by atoms with E-state index in [1.807, 2.05) is 19.1 Å². The third-order valence-corrected chi connectivity index (χ3v) is 3.47. The van der Waals surface area contributed by atoms with Gasteiger partial charge in [-0.2, -0.15) is 0 Å². The number of hydrogen-bond donors (Lipinski definition) is 2. The zero-order chi connectivity index (χ0) is 10.9. The summed E-state index contributed by atoms with van der Waals surface area (Å²) >= 11 is 0.